The van der Waals surface area contributed by atoms with Gasteiger partial charge in [-0.25, -0.2) is 9.78 Å². The van der Waals surface area contributed by atoms with Gasteiger partial charge in [-0.1, -0.05) is 17.7 Å². The van der Waals surface area contributed by atoms with Gasteiger partial charge in [0.15, 0.2) is 0 Å². The summed E-state index contributed by atoms with van der Waals surface area (Å²) in [5.41, 5.74) is 1.35. The molecule has 2 N–H and O–H groups in total. The van der Waals surface area contributed by atoms with Crippen molar-refractivity contribution in [3.8, 4) is 0 Å². The standard InChI is InChI=1S/C21H19ClN4O4/c1-30-21(29)15-5-6-17(22)18(12-15)25-20(28)14-3-2-4-16(11-14)24-19(27)7-9-26-10-8-23-13-26/h2-6,8,10-13H,7,9H2,1H3,(H,24,27)(H,25,28). The van der Waals surface area contributed by atoms with Crippen LogP contribution in [0.15, 0.2) is 61.2 Å². The summed E-state index contributed by atoms with van der Waals surface area (Å²) in [6, 6.07) is 11.0. The second kappa shape index (κ2) is 9.71. The molecule has 0 saturated carbocycles. The summed E-state index contributed by atoms with van der Waals surface area (Å²) >= 11 is 6.12. The fourth-order valence-corrected chi connectivity index (χ4v) is 2.84. The molecule has 8 nitrogen and oxygen atoms in total. The molecule has 0 atom stereocenters. The maximum atomic E-state index is 12.6. The molecule has 1 aromatic heterocycles. The summed E-state index contributed by atoms with van der Waals surface area (Å²) in [6.07, 6.45) is 5.33. The lowest BCUT2D eigenvalue weighted by Gasteiger charge is -2.10. The van der Waals surface area contributed by atoms with E-state index in [4.69, 9.17) is 11.6 Å². The molecule has 0 aliphatic carbocycles. The number of hydrogen-bond acceptors (Lipinski definition) is 5. The minimum atomic E-state index is -0.539. The Morgan fingerprint density at radius 2 is 1.93 bits per heavy atom. The number of esters is 1. The average Bonchev–Trinajstić information content (AvgIpc) is 3.27. The molecule has 1 heterocycles. The highest BCUT2D eigenvalue weighted by atomic mass is 35.5. The van der Waals surface area contributed by atoms with Crippen LogP contribution in [0.2, 0.25) is 5.02 Å². The van der Waals surface area contributed by atoms with E-state index in [9.17, 15) is 14.4 Å². The Labute approximate surface area is 177 Å². The van der Waals surface area contributed by atoms with Crippen LogP contribution in [0.25, 0.3) is 0 Å². The lowest BCUT2D eigenvalue weighted by molar-refractivity contribution is -0.116. The highest BCUT2D eigenvalue weighted by molar-refractivity contribution is 6.34. The number of nitrogens with one attached hydrogen (secondary N) is 2. The van der Waals surface area contributed by atoms with Crippen molar-refractivity contribution in [2.24, 2.45) is 0 Å². The molecule has 154 valence electrons. The molecule has 0 bridgehead atoms. The van der Waals surface area contributed by atoms with Crippen LogP contribution in [0.5, 0.6) is 0 Å². The fraction of sp³-hybridized carbons (Fsp3) is 0.143. The number of ether oxygens (including phenoxy) is 1. The number of aryl methyl sites for hydroxylation is 1. The molecule has 3 rings (SSSR count). The van der Waals surface area contributed by atoms with Gasteiger partial charge in [-0.15, -0.1) is 0 Å². The third-order valence-electron chi connectivity index (χ3n) is 4.20. The molecule has 0 aliphatic heterocycles. The average molecular weight is 427 g/mol. The number of carbonyl (C=O) groups excluding carboxylic acids is 3. The van der Waals surface area contributed by atoms with Crippen LogP contribution in [0.1, 0.15) is 27.1 Å². The Morgan fingerprint density at radius 1 is 1.10 bits per heavy atom. The highest BCUT2D eigenvalue weighted by Gasteiger charge is 2.13. The molecular formula is C21H19ClN4O4. The number of nitrogens with zero attached hydrogens (tertiary/aromatic N) is 2. The number of benzene rings is 2. The van der Waals surface area contributed by atoms with E-state index in [1.54, 1.807) is 47.6 Å². The minimum absolute atomic E-state index is 0.185. The monoisotopic (exact) mass is 426 g/mol. The Balaban J connectivity index is 1.66. The highest BCUT2D eigenvalue weighted by Crippen LogP contribution is 2.24. The van der Waals surface area contributed by atoms with Crippen molar-refractivity contribution in [1.29, 1.82) is 0 Å². The third-order valence-corrected chi connectivity index (χ3v) is 4.53. The van der Waals surface area contributed by atoms with Crippen LogP contribution in [0.4, 0.5) is 11.4 Å². The summed E-state index contributed by atoms with van der Waals surface area (Å²) < 4.78 is 6.48. The summed E-state index contributed by atoms with van der Waals surface area (Å²) in [7, 11) is 1.27. The van der Waals surface area contributed by atoms with Crippen molar-refractivity contribution < 1.29 is 19.1 Å². The smallest absolute Gasteiger partial charge is 0.337 e. The number of methoxy groups -OCH3 is 1. The van der Waals surface area contributed by atoms with Crippen LogP contribution in [-0.4, -0.2) is 34.4 Å². The lowest BCUT2D eigenvalue weighted by Crippen LogP contribution is -2.16. The number of aromatic nitrogens is 2. The third kappa shape index (κ3) is 5.45. The first-order chi connectivity index (χ1) is 14.5. The Hall–Kier alpha value is -3.65. The summed E-state index contributed by atoms with van der Waals surface area (Å²) in [4.78, 5) is 40.4. The zero-order chi connectivity index (χ0) is 21.5. The quantitative estimate of drug-likeness (QED) is 0.562. The van der Waals surface area contributed by atoms with E-state index in [-0.39, 0.29) is 28.6 Å². The van der Waals surface area contributed by atoms with Gasteiger partial charge in [0.1, 0.15) is 0 Å². The van der Waals surface area contributed by atoms with E-state index < -0.39 is 11.9 Å². The van der Waals surface area contributed by atoms with Crippen molar-refractivity contribution in [3.63, 3.8) is 0 Å². The second-order valence-corrected chi connectivity index (χ2v) is 6.73. The molecular weight excluding hydrogens is 408 g/mol. The van der Waals surface area contributed by atoms with Crippen molar-refractivity contribution in [1.82, 2.24) is 9.55 Å². The van der Waals surface area contributed by atoms with Crippen molar-refractivity contribution in [2.75, 3.05) is 17.7 Å². The molecule has 3 aromatic rings. The van der Waals surface area contributed by atoms with Crippen LogP contribution in [-0.2, 0) is 16.1 Å². The number of halogens is 1. The number of imidazole rings is 1. The van der Waals surface area contributed by atoms with Gasteiger partial charge in [-0.2, -0.15) is 0 Å². The maximum Gasteiger partial charge on any atom is 0.337 e. The molecule has 0 saturated heterocycles. The van der Waals surface area contributed by atoms with Gasteiger partial charge >= 0.3 is 5.97 Å². The molecule has 0 unspecified atom stereocenters. The molecule has 0 radical (unpaired) electrons. The Bertz CT molecular complexity index is 1070. The van der Waals surface area contributed by atoms with Gasteiger partial charge in [0.2, 0.25) is 5.91 Å². The van der Waals surface area contributed by atoms with Crippen molar-refractivity contribution >= 4 is 40.8 Å². The summed E-state index contributed by atoms with van der Waals surface area (Å²) in [5, 5.41) is 5.71. The van der Waals surface area contributed by atoms with E-state index in [1.165, 1.54) is 25.3 Å². The van der Waals surface area contributed by atoms with Crippen molar-refractivity contribution in [2.45, 2.75) is 13.0 Å². The van der Waals surface area contributed by atoms with Gasteiger partial charge in [0, 0.05) is 36.6 Å². The second-order valence-electron chi connectivity index (χ2n) is 6.32. The number of rotatable bonds is 7. The number of hydrogen-bond donors (Lipinski definition) is 2. The van der Waals surface area contributed by atoms with Gasteiger partial charge in [-0.3, -0.25) is 9.59 Å². The number of amides is 2. The molecule has 30 heavy (non-hydrogen) atoms. The van der Waals surface area contributed by atoms with Crippen LogP contribution in [0, 0.1) is 0 Å². The molecule has 0 aliphatic rings. The van der Waals surface area contributed by atoms with Crippen LogP contribution >= 0.6 is 11.6 Å². The molecule has 9 heteroatoms. The zero-order valence-corrected chi connectivity index (χ0v) is 16.8. The van der Waals surface area contributed by atoms with Crippen LogP contribution < -0.4 is 10.6 Å². The Morgan fingerprint density at radius 3 is 2.67 bits per heavy atom. The van der Waals surface area contributed by atoms with Gasteiger partial charge < -0.3 is 19.9 Å². The van der Waals surface area contributed by atoms with Crippen molar-refractivity contribution in [3.05, 3.63) is 77.3 Å². The number of anilines is 2. The van der Waals surface area contributed by atoms with E-state index in [0.717, 1.165) is 0 Å². The van der Waals surface area contributed by atoms with E-state index in [0.29, 0.717) is 17.8 Å². The van der Waals surface area contributed by atoms with E-state index >= 15 is 0 Å². The molecule has 2 aromatic carbocycles. The maximum absolute atomic E-state index is 12.6. The zero-order valence-electron chi connectivity index (χ0n) is 16.1. The largest absolute Gasteiger partial charge is 0.465 e. The van der Waals surface area contributed by atoms with Crippen LogP contribution in [0.3, 0.4) is 0 Å². The predicted octanol–water partition coefficient (Wildman–Crippen LogP) is 3.60. The summed E-state index contributed by atoms with van der Waals surface area (Å²) in [6.45, 7) is 0.501. The van der Waals surface area contributed by atoms with Gasteiger partial charge in [0.25, 0.3) is 5.91 Å². The normalized spacial score (nSPS) is 10.3. The molecule has 0 fully saturated rings. The predicted molar refractivity (Wildman–Crippen MR) is 113 cm³/mol. The topological polar surface area (TPSA) is 102 Å². The first-order valence-electron chi connectivity index (χ1n) is 9.01. The first-order valence-corrected chi connectivity index (χ1v) is 9.39. The van der Waals surface area contributed by atoms with E-state index in [2.05, 4.69) is 20.4 Å². The molecule has 0 spiro atoms. The fourth-order valence-electron chi connectivity index (χ4n) is 2.67. The van der Waals surface area contributed by atoms with Gasteiger partial charge in [0.05, 0.1) is 29.7 Å². The van der Waals surface area contributed by atoms with E-state index in [1.807, 2.05) is 0 Å². The minimum Gasteiger partial charge on any atom is -0.465 e. The SMILES string of the molecule is COC(=O)c1ccc(Cl)c(NC(=O)c2cccc(NC(=O)CCn3ccnc3)c2)c1. The van der Waals surface area contributed by atoms with Gasteiger partial charge in [-0.05, 0) is 36.4 Å². The number of carbonyl (C=O) groups is 3. The summed E-state index contributed by atoms with van der Waals surface area (Å²) in [5.74, 6) is -1.16. The first kappa shape index (κ1) is 21.1. The molecule has 2 amide bonds. The lowest BCUT2D eigenvalue weighted by atomic mass is 10.1. The Kier molecular flexibility index (Phi) is 6.82.